The Balaban J connectivity index is 1.79. The lowest BCUT2D eigenvalue weighted by atomic mass is 10.1. The van der Waals surface area contributed by atoms with Gasteiger partial charge in [-0.1, -0.05) is 18.2 Å². The maximum atomic E-state index is 11.4. The summed E-state index contributed by atoms with van der Waals surface area (Å²) in [6.45, 7) is 0.911. The number of anilines is 1. The summed E-state index contributed by atoms with van der Waals surface area (Å²) in [4.78, 5) is 2.17. The molecule has 0 aromatic heterocycles. The average Bonchev–Trinajstić information content (AvgIpc) is 2.72. The predicted octanol–water partition coefficient (Wildman–Crippen LogP) is 1.32. The molecule has 1 aromatic carbocycles. The second kappa shape index (κ2) is 5.92. The molecule has 1 aromatic rings. The van der Waals surface area contributed by atoms with E-state index in [9.17, 15) is 8.42 Å². The van der Waals surface area contributed by atoms with Crippen molar-refractivity contribution in [1.29, 1.82) is 0 Å². The molecule has 1 unspecified atom stereocenters. The van der Waals surface area contributed by atoms with Crippen LogP contribution in [0.15, 0.2) is 24.3 Å². The number of para-hydroxylation sites is 1. The lowest BCUT2D eigenvalue weighted by Crippen LogP contribution is -2.33. The van der Waals surface area contributed by atoms with Crippen molar-refractivity contribution in [3.05, 3.63) is 29.8 Å². The van der Waals surface area contributed by atoms with Crippen molar-refractivity contribution in [2.75, 3.05) is 30.8 Å². The molecule has 0 amide bonds. The Kier molecular flexibility index (Phi) is 4.47. The number of benzene rings is 1. The number of sulfone groups is 1. The Bertz CT molecular complexity index is 528. The Hall–Kier alpha value is -1.07. The molecule has 106 valence electrons. The van der Waals surface area contributed by atoms with Crippen LogP contribution in [-0.4, -0.2) is 44.5 Å². The maximum absolute atomic E-state index is 11.4. The SMILES string of the molecule is CN(CCCc1ccccc1N)C1CCS(=O)(=O)C1. The van der Waals surface area contributed by atoms with Crippen molar-refractivity contribution in [3.63, 3.8) is 0 Å². The minimum atomic E-state index is -2.79. The first-order chi connectivity index (χ1) is 8.98. The van der Waals surface area contributed by atoms with Crippen molar-refractivity contribution >= 4 is 15.5 Å². The fourth-order valence-electron chi connectivity index (χ4n) is 2.59. The average molecular weight is 282 g/mol. The van der Waals surface area contributed by atoms with E-state index >= 15 is 0 Å². The van der Waals surface area contributed by atoms with Crippen molar-refractivity contribution < 1.29 is 8.42 Å². The van der Waals surface area contributed by atoms with Crippen LogP contribution < -0.4 is 5.73 Å². The molecule has 2 N–H and O–H groups in total. The van der Waals surface area contributed by atoms with Crippen LogP contribution in [0.3, 0.4) is 0 Å². The molecular formula is C14H22N2O2S. The lowest BCUT2D eigenvalue weighted by molar-refractivity contribution is 0.259. The van der Waals surface area contributed by atoms with E-state index in [2.05, 4.69) is 11.0 Å². The van der Waals surface area contributed by atoms with Gasteiger partial charge in [0.15, 0.2) is 9.84 Å². The number of hydrogen-bond donors (Lipinski definition) is 1. The van der Waals surface area contributed by atoms with E-state index in [0.717, 1.165) is 31.5 Å². The van der Waals surface area contributed by atoms with Gasteiger partial charge in [0.2, 0.25) is 0 Å². The van der Waals surface area contributed by atoms with Crippen molar-refractivity contribution in [2.45, 2.75) is 25.3 Å². The van der Waals surface area contributed by atoms with Crippen LogP contribution >= 0.6 is 0 Å². The van der Waals surface area contributed by atoms with Crippen molar-refractivity contribution in [3.8, 4) is 0 Å². The zero-order valence-corrected chi connectivity index (χ0v) is 12.2. The first kappa shape index (κ1) is 14.3. The summed E-state index contributed by atoms with van der Waals surface area (Å²) < 4.78 is 22.9. The zero-order chi connectivity index (χ0) is 13.9. The number of rotatable bonds is 5. The molecule has 19 heavy (non-hydrogen) atoms. The van der Waals surface area contributed by atoms with E-state index in [-0.39, 0.29) is 6.04 Å². The van der Waals surface area contributed by atoms with E-state index in [1.54, 1.807) is 0 Å². The van der Waals surface area contributed by atoms with Gasteiger partial charge in [-0.2, -0.15) is 0 Å². The number of nitrogens with two attached hydrogens (primary N) is 1. The third-order valence-electron chi connectivity index (χ3n) is 3.84. The third-order valence-corrected chi connectivity index (χ3v) is 5.59. The number of aryl methyl sites for hydroxylation is 1. The quantitative estimate of drug-likeness (QED) is 0.827. The van der Waals surface area contributed by atoms with Gasteiger partial charge in [-0.05, 0) is 44.5 Å². The van der Waals surface area contributed by atoms with Crippen molar-refractivity contribution in [1.82, 2.24) is 4.90 Å². The molecule has 2 rings (SSSR count). The first-order valence-corrected chi connectivity index (χ1v) is 8.54. The third kappa shape index (κ3) is 3.94. The lowest BCUT2D eigenvalue weighted by Gasteiger charge is -2.22. The molecular weight excluding hydrogens is 260 g/mol. The highest BCUT2D eigenvalue weighted by molar-refractivity contribution is 7.91. The van der Waals surface area contributed by atoms with E-state index in [1.165, 1.54) is 5.56 Å². The van der Waals surface area contributed by atoms with Gasteiger partial charge in [0, 0.05) is 11.7 Å². The van der Waals surface area contributed by atoms with Gasteiger partial charge in [-0.25, -0.2) is 8.42 Å². The summed E-state index contributed by atoms with van der Waals surface area (Å²) in [7, 11) is -0.772. The van der Waals surface area contributed by atoms with Gasteiger partial charge in [0.1, 0.15) is 0 Å². The summed E-state index contributed by atoms with van der Waals surface area (Å²) in [5.74, 6) is 0.657. The molecule has 4 nitrogen and oxygen atoms in total. The highest BCUT2D eigenvalue weighted by Crippen LogP contribution is 2.18. The minimum Gasteiger partial charge on any atom is -0.399 e. The highest BCUT2D eigenvalue weighted by Gasteiger charge is 2.30. The monoisotopic (exact) mass is 282 g/mol. The first-order valence-electron chi connectivity index (χ1n) is 6.72. The van der Waals surface area contributed by atoms with Gasteiger partial charge in [-0.15, -0.1) is 0 Å². The minimum absolute atomic E-state index is 0.193. The van der Waals surface area contributed by atoms with Crippen molar-refractivity contribution in [2.24, 2.45) is 0 Å². The second-order valence-electron chi connectivity index (χ2n) is 5.34. The largest absolute Gasteiger partial charge is 0.399 e. The molecule has 1 aliphatic rings. The standard InChI is InChI=1S/C14H22N2O2S/c1-16(13-8-10-19(17,18)11-13)9-4-6-12-5-2-3-7-14(12)15/h2-3,5,7,13H,4,6,8-11,15H2,1H3. The highest BCUT2D eigenvalue weighted by atomic mass is 32.2. The van der Waals surface area contributed by atoms with E-state index in [0.29, 0.717) is 11.5 Å². The fourth-order valence-corrected chi connectivity index (χ4v) is 4.39. The van der Waals surface area contributed by atoms with E-state index in [1.807, 2.05) is 25.2 Å². The number of hydrogen-bond acceptors (Lipinski definition) is 4. The topological polar surface area (TPSA) is 63.4 Å². The van der Waals surface area contributed by atoms with Crippen LogP contribution in [0, 0.1) is 0 Å². The molecule has 1 aliphatic heterocycles. The van der Waals surface area contributed by atoms with Crippen LogP contribution in [0.2, 0.25) is 0 Å². The van der Waals surface area contributed by atoms with Gasteiger partial charge in [-0.3, -0.25) is 0 Å². The molecule has 0 spiro atoms. The van der Waals surface area contributed by atoms with Crippen LogP contribution in [0.4, 0.5) is 5.69 Å². The fraction of sp³-hybridized carbons (Fsp3) is 0.571. The summed E-state index contributed by atoms with van der Waals surface area (Å²) in [6.07, 6.45) is 2.71. The van der Waals surface area contributed by atoms with E-state index in [4.69, 9.17) is 5.73 Å². The van der Waals surface area contributed by atoms with Crippen LogP contribution in [-0.2, 0) is 16.3 Å². The number of nitrogens with zero attached hydrogens (tertiary/aromatic N) is 1. The molecule has 1 atom stereocenters. The van der Waals surface area contributed by atoms with Gasteiger partial charge in [0.05, 0.1) is 11.5 Å². The summed E-state index contributed by atoms with van der Waals surface area (Å²) in [5, 5.41) is 0. The maximum Gasteiger partial charge on any atom is 0.151 e. The zero-order valence-electron chi connectivity index (χ0n) is 11.4. The molecule has 0 bridgehead atoms. The summed E-state index contributed by atoms with van der Waals surface area (Å²) in [5.41, 5.74) is 7.92. The molecule has 5 heteroatoms. The molecule has 1 fully saturated rings. The molecule has 0 radical (unpaired) electrons. The molecule has 0 saturated carbocycles. The van der Waals surface area contributed by atoms with Crippen LogP contribution in [0.25, 0.3) is 0 Å². The number of nitrogen functional groups attached to an aromatic ring is 1. The Morgan fingerprint density at radius 2 is 2.11 bits per heavy atom. The predicted molar refractivity (Wildman–Crippen MR) is 78.9 cm³/mol. The van der Waals surface area contributed by atoms with E-state index < -0.39 is 9.84 Å². The van der Waals surface area contributed by atoms with Crippen LogP contribution in [0.1, 0.15) is 18.4 Å². The summed E-state index contributed by atoms with van der Waals surface area (Å²) >= 11 is 0. The Labute approximate surface area is 115 Å². The van der Waals surface area contributed by atoms with Gasteiger partial charge >= 0.3 is 0 Å². The Morgan fingerprint density at radius 1 is 1.37 bits per heavy atom. The summed E-state index contributed by atoms with van der Waals surface area (Å²) in [6, 6.07) is 8.10. The smallest absolute Gasteiger partial charge is 0.151 e. The molecule has 1 heterocycles. The van der Waals surface area contributed by atoms with Crippen LogP contribution in [0.5, 0.6) is 0 Å². The Morgan fingerprint density at radius 3 is 2.74 bits per heavy atom. The van der Waals surface area contributed by atoms with Gasteiger partial charge in [0.25, 0.3) is 0 Å². The van der Waals surface area contributed by atoms with Gasteiger partial charge < -0.3 is 10.6 Å². The molecule has 1 saturated heterocycles. The normalized spacial score (nSPS) is 21.9. The second-order valence-corrected chi connectivity index (χ2v) is 7.57. The molecule has 0 aliphatic carbocycles.